The molecule has 5 rings (SSSR count). The first-order valence-electron chi connectivity index (χ1n) is 11.7. The predicted octanol–water partition coefficient (Wildman–Crippen LogP) is 2.82. The summed E-state index contributed by atoms with van der Waals surface area (Å²) in [6, 6.07) is 7.09. The van der Waals surface area contributed by atoms with Gasteiger partial charge in [-0.2, -0.15) is 0 Å². The number of benzene rings is 2. The fourth-order valence-corrected chi connectivity index (χ4v) is 5.35. The summed E-state index contributed by atoms with van der Waals surface area (Å²) in [5.41, 5.74) is 2.03. The second kappa shape index (κ2) is 9.72. The van der Waals surface area contributed by atoms with Gasteiger partial charge in [0.2, 0.25) is 12.5 Å². The lowest BCUT2D eigenvalue weighted by atomic mass is 9.66. The minimum atomic E-state index is -1.11. The van der Waals surface area contributed by atoms with Crippen molar-refractivity contribution >= 4 is 17.9 Å². The zero-order valence-electron chi connectivity index (χ0n) is 20.5. The van der Waals surface area contributed by atoms with E-state index in [1.807, 2.05) is 0 Å². The molecule has 1 N–H and O–H groups in total. The maximum atomic E-state index is 13.1. The van der Waals surface area contributed by atoms with Gasteiger partial charge in [0.1, 0.15) is 6.10 Å². The summed E-state index contributed by atoms with van der Waals surface area (Å²) < 4.78 is 39.0. The Morgan fingerprint density at radius 3 is 2.16 bits per heavy atom. The van der Waals surface area contributed by atoms with Crippen LogP contribution in [0.5, 0.6) is 28.7 Å². The van der Waals surface area contributed by atoms with Crippen LogP contribution in [0.2, 0.25) is 0 Å². The van der Waals surface area contributed by atoms with Crippen LogP contribution < -0.4 is 23.7 Å². The van der Waals surface area contributed by atoms with Crippen molar-refractivity contribution < 1.29 is 52.6 Å². The van der Waals surface area contributed by atoms with E-state index in [4.69, 9.17) is 38.3 Å². The molecule has 0 unspecified atom stereocenters. The maximum Gasteiger partial charge on any atom is 0.310 e. The minimum absolute atomic E-state index is 0.0328. The smallest absolute Gasteiger partial charge is 0.310 e. The number of hydrogen-bond donors (Lipinski definition) is 1. The quantitative estimate of drug-likeness (QED) is 0.521. The first kappa shape index (κ1) is 24.5. The molecule has 11 nitrogen and oxygen atoms in total. The SMILES string of the molecule is COc1cc([C@@H]2c3cc4c(cc3[C@H](OC(=O)CCC(=O)O)[C@H]3COC(=O)[C@H]23)OCO4)cc(OC)c1OC. The Morgan fingerprint density at radius 2 is 1.57 bits per heavy atom. The number of carbonyl (C=O) groups is 3. The fourth-order valence-electron chi connectivity index (χ4n) is 5.35. The first-order chi connectivity index (χ1) is 17.9. The Hall–Kier alpha value is -4.15. The molecule has 1 aliphatic carbocycles. The lowest BCUT2D eigenvalue weighted by molar-refractivity contribution is -0.156. The normalized spacial score (nSPS) is 22.9. The monoisotopic (exact) mass is 514 g/mol. The van der Waals surface area contributed by atoms with Gasteiger partial charge in [0.05, 0.1) is 46.7 Å². The summed E-state index contributed by atoms with van der Waals surface area (Å²) in [4.78, 5) is 36.7. The lowest BCUT2D eigenvalue weighted by Crippen LogP contribution is -2.36. The molecule has 2 aliphatic heterocycles. The molecule has 0 saturated carbocycles. The van der Waals surface area contributed by atoms with E-state index in [0.717, 1.165) is 0 Å². The van der Waals surface area contributed by atoms with Crippen LogP contribution in [0.4, 0.5) is 0 Å². The van der Waals surface area contributed by atoms with Crippen LogP contribution in [0.3, 0.4) is 0 Å². The van der Waals surface area contributed by atoms with E-state index in [1.54, 1.807) is 24.3 Å². The lowest BCUT2D eigenvalue weighted by Gasteiger charge is -2.38. The van der Waals surface area contributed by atoms with Crippen LogP contribution in [0.25, 0.3) is 0 Å². The number of carboxylic acids is 1. The van der Waals surface area contributed by atoms with Crippen molar-refractivity contribution in [2.75, 3.05) is 34.7 Å². The molecule has 37 heavy (non-hydrogen) atoms. The number of carboxylic acid groups (broad SMARTS) is 1. The molecule has 11 heteroatoms. The molecule has 196 valence electrons. The van der Waals surface area contributed by atoms with Crippen LogP contribution in [0.15, 0.2) is 24.3 Å². The highest BCUT2D eigenvalue weighted by Gasteiger charge is 2.54. The van der Waals surface area contributed by atoms with Crippen molar-refractivity contribution in [3.63, 3.8) is 0 Å². The molecule has 4 atom stereocenters. The highest BCUT2D eigenvalue weighted by Crippen LogP contribution is 2.56. The molecule has 0 aromatic heterocycles. The van der Waals surface area contributed by atoms with E-state index < -0.39 is 41.8 Å². The largest absolute Gasteiger partial charge is 0.493 e. The van der Waals surface area contributed by atoms with E-state index in [-0.39, 0.29) is 26.2 Å². The number of cyclic esters (lactones) is 1. The highest BCUT2D eigenvalue weighted by molar-refractivity contribution is 5.80. The van der Waals surface area contributed by atoms with Gasteiger partial charge < -0.3 is 38.3 Å². The Balaban J connectivity index is 1.66. The molecule has 1 saturated heterocycles. The number of fused-ring (bicyclic) bond motifs is 3. The first-order valence-corrected chi connectivity index (χ1v) is 11.7. The molecular formula is C26H26O11. The van der Waals surface area contributed by atoms with E-state index in [9.17, 15) is 14.4 Å². The molecule has 0 amide bonds. The number of ether oxygens (including phenoxy) is 7. The molecule has 1 fully saturated rings. The van der Waals surface area contributed by atoms with Gasteiger partial charge in [-0.3, -0.25) is 14.4 Å². The predicted molar refractivity (Wildman–Crippen MR) is 124 cm³/mol. The summed E-state index contributed by atoms with van der Waals surface area (Å²) in [5.74, 6) is -1.73. The van der Waals surface area contributed by atoms with Crippen LogP contribution >= 0.6 is 0 Å². The van der Waals surface area contributed by atoms with Gasteiger partial charge in [-0.05, 0) is 35.4 Å². The van der Waals surface area contributed by atoms with Crippen molar-refractivity contribution in [1.82, 2.24) is 0 Å². The van der Waals surface area contributed by atoms with Crippen LogP contribution in [0, 0.1) is 11.8 Å². The molecule has 2 aromatic carbocycles. The van der Waals surface area contributed by atoms with E-state index in [2.05, 4.69) is 0 Å². The minimum Gasteiger partial charge on any atom is -0.493 e. The van der Waals surface area contributed by atoms with Crippen molar-refractivity contribution in [1.29, 1.82) is 0 Å². The topological polar surface area (TPSA) is 136 Å². The zero-order chi connectivity index (χ0) is 26.3. The van der Waals surface area contributed by atoms with Crippen molar-refractivity contribution in [2.45, 2.75) is 24.9 Å². The van der Waals surface area contributed by atoms with E-state index in [0.29, 0.717) is 45.4 Å². The number of hydrogen-bond acceptors (Lipinski definition) is 10. The number of carbonyl (C=O) groups excluding carboxylic acids is 2. The number of esters is 2. The molecule has 0 bridgehead atoms. The molecule has 2 aromatic rings. The van der Waals surface area contributed by atoms with E-state index in [1.165, 1.54) is 21.3 Å². The van der Waals surface area contributed by atoms with Gasteiger partial charge in [-0.25, -0.2) is 0 Å². The Labute approximate surface area is 212 Å². The number of rotatable bonds is 8. The summed E-state index contributed by atoms with van der Waals surface area (Å²) in [7, 11) is 4.52. The second-order valence-corrected chi connectivity index (χ2v) is 8.89. The van der Waals surface area contributed by atoms with Gasteiger partial charge in [-0.1, -0.05) is 0 Å². The van der Waals surface area contributed by atoms with Gasteiger partial charge in [0.25, 0.3) is 0 Å². The highest BCUT2D eigenvalue weighted by atomic mass is 16.7. The van der Waals surface area contributed by atoms with Crippen LogP contribution in [-0.4, -0.2) is 57.7 Å². The number of aliphatic carboxylic acids is 1. The van der Waals surface area contributed by atoms with Crippen LogP contribution in [0.1, 0.15) is 41.6 Å². The summed E-state index contributed by atoms with van der Waals surface area (Å²) >= 11 is 0. The van der Waals surface area contributed by atoms with Gasteiger partial charge in [-0.15, -0.1) is 0 Å². The van der Waals surface area contributed by atoms with Gasteiger partial charge in [0, 0.05) is 17.4 Å². The molecule has 3 aliphatic rings. The standard InChI is InChI=1S/C26H26O11/c1-31-18-6-12(7-19(32-2)25(18)33-3)22-13-8-16-17(36-11-35-16)9-14(13)24(15-10-34-26(30)23(15)22)37-21(29)5-4-20(27)28/h6-9,15,22-24H,4-5,10-11H2,1-3H3,(H,27,28)/t15-,22+,23-,24-/m0/s1. The zero-order valence-corrected chi connectivity index (χ0v) is 20.5. The summed E-state index contributed by atoms with van der Waals surface area (Å²) in [5, 5.41) is 8.97. The van der Waals surface area contributed by atoms with Crippen molar-refractivity contribution in [3.05, 3.63) is 41.0 Å². The third kappa shape index (κ3) is 4.24. The van der Waals surface area contributed by atoms with Crippen LogP contribution in [-0.2, 0) is 23.9 Å². The third-order valence-corrected chi connectivity index (χ3v) is 6.97. The molecular weight excluding hydrogens is 488 g/mol. The van der Waals surface area contributed by atoms with Gasteiger partial charge >= 0.3 is 17.9 Å². The maximum absolute atomic E-state index is 13.1. The van der Waals surface area contributed by atoms with Gasteiger partial charge in [0.15, 0.2) is 23.0 Å². The third-order valence-electron chi connectivity index (χ3n) is 6.97. The Bertz CT molecular complexity index is 1230. The Morgan fingerprint density at radius 1 is 0.919 bits per heavy atom. The molecule has 2 heterocycles. The number of methoxy groups -OCH3 is 3. The van der Waals surface area contributed by atoms with Crippen molar-refractivity contribution in [3.8, 4) is 28.7 Å². The summed E-state index contributed by atoms with van der Waals surface area (Å²) in [6.45, 7) is 0.0697. The molecule has 0 spiro atoms. The average Bonchev–Trinajstić information content (AvgIpc) is 3.51. The molecule has 0 radical (unpaired) electrons. The fraction of sp³-hybridized carbons (Fsp3) is 0.423. The second-order valence-electron chi connectivity index (χ2n) is 8.89. The Kier molecular flexibility index (Phi) is 6.45. The van der Waals surface area contributed by atoms with Crippen molar-refractivity contribution in [2.24, 2.45) is 11.8 Å². The average molecular weight is 514 g/mol. The summed E-state index contributed by atoms with van der Waals surface area (Å²) in [6.07, 6.45) is -1.51. The van der Waals surface area contributed by atoms with E-state index >= 15 is 0 Å².